The minimum atomic E-state index is 1.08. The van der Waals surface area contributed by atoms with Gasteiger partial charge in [-0.3, -0.25) is 0 Å². The molecule has 0 bridgehead atoms. The summed E-state index contributed by atoms with van der Waals surface area (Å²) >= 11 is 0. The summed E-state index contributed by atoms with van der Waals surface area (Å²) in [5.41, 5.74) is 16.5. The van der Waals surface area contributed by atoms with E-state index in [1.807, 2.05) is 0 Å². The zero-order valence-corrected chi connectivity index (χ0v) is 37.3. The number of nitrogens with zero attached hydrogens (tertiary/aromatic N) is 2. The number of anilines is 3. The molecule has 0 amide bonds. The fraction of sp³-hybridized carbons (Fsp3) is 0. The second kappa shape index (κ2) is 16.5. The minimum absolute atomic E-state index is 1.08. The maximum Gasteiger partial charge on any atom is 0.0542 e. The van der Waals surface area contributed by atoms with Crippen LogP contribution in [0.2, 0.25) is 0 Å². The van der Waals surface area contributed by atoms with Gasteiger partial charge in [0, 0.05) is 33.5 Å². The summed E-state index contributed by atoms with van der Waals surface area (Å²) < 4.78 is 2.38. The fourth-order valence-electron chi connectivity index (χ4n) is 10.7. The topological polar surface area (TPSA) is 8.17 Å². The lowest BCUT2D eigenvalue weighted by Crippen LogP contribution is -2.10. The molecule has 0 unspecified atom stereocenters. The molecule has 2 heteroatoms. The number of benzene rings is 12. The van der Waals surface area contributed by atoms with E-state index in [2.05, 4.69) is 276 Å². The van der Waals surface area contributed by atoms with Crippen molar-refractivity contribution < 1.29 is 0 Å². The highest BCUT2D eigenvalue weighted by Gasteiger charge is 2.20. The van der Waals surface area contributed by atoms with Gasteiger partial charge >= 0.3 is 0 Å². The number of fused-ring (bicyclic) bond motifs is 6. The summed E-state index contributed by atoms with van der Waals surface area (Å²) in [6.07, 6.45) is 0. The van der Waals surface area contributed by atoms with Crippen molar-refractivity contribution in [3.63, 3.8) is 0 Å². The lowest BCUT2D eigenvalue weighted by Gasteiger charge is -2.26. The largest absolute Gasteiger partial charge is 0.310 e. The predicted octanol–water partition coefficient (Wildman–Crippen LogP) is 18.4. The number of para-hydroxylation sites is 2. The normalized spacial score (nSPS) is 11.5. The molecule has 0 radical (unpaired) electrons. The Morgan fingerprint density at radius 2 is 0.721 bits per heavy atom. The van der Waals surface area contributed by atoms with E-state index in [1.54, 1.807) is 0 Å². The predicted molar refractivity (Wildman–Crippen MR) is 290 cm³/mol. The highest BCUT2D eigenvalue weighted by Crippen LogP contribution is 2.46. The maximum absolute atomic E-state index is 2.41. The standard InChI is InChI=1S/C66H44N2/c1-3-17-45(18-4-1)49-21-15-22-50(43-49)66-60-29-11-9-27-58(60)65(59-28-10-12-30-61(59)66)48-35-39-53(40-36-48)67(52-37-33-47(34-38-52)56-31-16-20-46-19-7-8-25-55(46)56)54-41-42-64-62(44-54)57-26-13-14-32-63(57)68(64)51-23-5-2-6-24-51/h1-44H. The van der Waals surface area contributed by atoms with Gasteiger partial charge < -0.3 is 9.47 Å². The first-order valence-corrected chi connectivity index (χ1v) is 23.4. The average molecular weight is 865 g/mol. The molecule has 68 heavy (non-hydrogen) atoms. The molecule has 0 saturated carbocycles. The van der Waals surface area contributed by atoms with Crippen LogP contribution in [0.25, 0.3) is 104 Å². The van der Waals surface area contributed by atoms with Gasteiger partial charge in [-0.15, -0.1) is 0 Å². The first-order valence-electron chi connectivity index (χ1n) is 23.4. The molecule has 1 heterocycles. The van der Waals surface area contributed by atoms with Gasteiger partial charge in [0.05, 0.1) is 11.0 Å². The van der Waals surface area contributed by atoms with Gasteiger partial charge in [-0.1, -0.05) is 200 Å². The Morgan fingerprint density at radius 1 is 0.250 bits per heavy atom. The molecule has 12 aromatic carbocycles. The van der Waals surface area contributed by atoms with Crippen LogP contribution in [0, 0.1) is 0 Å². The van der Waals surface area contributed by atoms with Gasteiger partial charge in [-0.05, 0) is 144 Å². The van der Waals surface area contributed by atoms with Crippen LogP contribution in [0.4, 0.5) is 17.1 Å². The van der Waals surface area contributed by atoms with E-state index in [4.69, 9.17) is 0 Å². The van der Waals surface area contributed by atoms with Crippen LogP contribution in [-0.4, -0.2) is 4.57 Å². The first kappa shape index (κ1) is 39.4. The molecular weight excluding hydrogens is 821 g/mol. The van der Waals surface area contributed by atoms with E-state index in [9.17, 15) is 0 Å². The van der Waals surface area contributed by atoms with E-state index < -0.39 is 0 Å². The van der Waals surface area contributed by atoms with Gasteiger partial charge in [-0.25, -0.2) is 0 Å². The van der Waals surface area contributed by atoms with Crippen molar-refractivity contribution in [3.8, 4) is 50.2 Å². The number of hydrogen-bond donors (Lipinski definition) is 0. The van der Waals surface area contributed by atoms with Gasteiger partial charge in [0.2, 0.25) is 0 Å². The molecule has 0 N–H and O–H groups in total. The van der Waals surface area contributed by atoms with E-state index in [1.165, 1.54) is 98.6 Å². The molecule has 13 rings (SSSR count). The molecule has 318 valence electrons. The fourth-order valence-corrected chi connectivity index (χ4v) is 10.7. The van der Waals surface area contributed by atoms with Crippen molar-refractivity contribution in [2.24, 2.45) is 0 Å². The molecule has 2 nitrogen and oxygen atoms in total. The SMILES string of the molecule is c1ccc(-c2cccc(-c3c4ccccc4c(-c4ccc(N(c5ccc(-c6cccc7ccccc67)cc5)c5ccc6c(c5)c5ccccc5n6-c5ccccc5)cc4)c4ccccc34)c2)cc1. The number of aromatic nitrogens is 1. The van der Waals surface area contributed by atoms with Crippen LogP contribution in [0.3, 0.4) is 0 Å². The Balaban J connectivity index is 0.968. The van der Waals surface area contributed by atoms with Crippen LogP contribution in [0.5, 0.6) is 0 Å². The second-order valence-corrected chi connectivity index (χ2v) is 17.6. The Labute approximate surface area is 395 Å². The summed E-state index contributed by atoms with van der Waals surface area (Å²) in [5, 5.41) is 9.89. The summed E-state index contributed by atoms with van der Waals surface area (Å²) in [7, 11) is 0. The van der Waals surface area contributed by atoms with E-state index in [0.717, 1.165) is 22.7 Å². The Kier molecular flexibility index (Phi) is 9.54. The van der Waals surface area contributed by atoms with E-state index >= 15 is 0 Å². The van der Waals surface area contributed by atoms with Crippen molar-refractivity contribution in [1.29, 1.82) is 0 Å². The molecule has 0 aliphatic rings. The van der Waals surface area contributed by atoms with Crippen molar-refractivity contribution in [1.82, 2.24) is 4.57 Å². The van der Waals surface area contributed by atoms with Crippen LogP contribution in [-0.2, 0) is 0 Å². The van der Waals surface area contributed by atoms with E-state index in [0.29, 0.717) is 0 Å². The van der Waals surface area contributed by atoms with Gasteiger partial charge in [-0.2, -0.15) is 0 Å². The lowest BCUT2D eigenvalue weighted by atomic mass is 9.85. The van der Waals surface area contributed by atoms with Crippen molar-refractivity contribution in [2.45, 2.75) is 0 Å². The summed E-state index contributed by atoms with van der Waals surface area (Å²) in [4.78, 5) is 2.41. The smallest absolute Gasteiger partial charge is 0.0542 e. The molecule has 0 atom stereocenters. The van der Waals surface area contributed by atoms with Gasteiger partial charge in [0.15, 0.2) is 0 Å². The third-order valence-electron chi connectivity index (χ3n) is 13.8. The van der Waals surface area contributed by atoms with Gasteiger partial charge in [0.1, 0.15) is 0 Å². The molecule has 0 spiro atoms. The molecule has 13 aromatic rings. The Morgan fingerprint density at radius 3 is 1.40 bits per heavy atom. The quantitative estimate of drug-likeness (QED) is 0.138. The van der Waals surface area contributed by atoms with Crippen molar-refractivity contribution in [2.75, 3.05) is 4.90 Å². The Hall–Kier alpha value is -8.98. The maximum atomic E-state index is 2.41. The molecule has 1 aromatic heterocycles. The Bertz CT molecular complexity index is 3940. The minimum Gasteiger partial charge on any atom is -0.310 e. The molecule has 0 aliphatic carbocycles. The first-order chi connectivity index (χ1) is 33.7. The van der Waals surface area contributed by atoms with Crippen LogP contribution in [0.1, 0.15) is 0 Å². The molecule has 0 aliphatic heterocycles. The number of hydrogen-bond acceptors (Lipinski definition) is 1. The molecule has 0 fully saturated rings. The highest BCUT2D eigenvalue weighted by atomic mass is 15.1. The van der Waals surface area contributed by atoms with Crippen LogP contribution < -0.4 is 4.90 Å². The monoisotopic (exact) mass is 864 g/mol. The summed E-state index contributed by atoms with van der Waals surface area (Å²) in [6.45, 7) is 0. The third kappa shape index (κ3) is 6.65. The molecule has 0 saturated heterocycles. The van der Waals surface area contributed by atoms with Crippen LogP contribution >= 0.6 is 0 Å². The zero-order valence-electron chi connectivity index (χ0n) is 37.3. The van der Waals surface area contributed by atoms with Crippen molar-refractivity contribution in [3.05, 3.63) is 267 Å². The molecular formula is C66H44N2. The van der Waals surface area contributed by atoms with Crippen molar-refractivity contribution >= 4 is 71.2 Å². The van der Waals surface area contributed by atoms with Crippen LogP contribution in [0.15, 0.2) is 267 Å². The average Bonchev–Trinajstić information content (AvgIpc) is 3.75. The number of rotatable bonds is 8. The summed E-state index contributed by atoms with van der Waals surface area (Å²) in [5.74, 6) is 0. The zero-order chi connectivity index (χ0) is 45.0. The summed E-state index contributed by atoms with van der Waals surface area (Å²) in [6, 6.07) is 97.5. The highest BCUT2D eigenvalue weighted by molar-refractivity contribution is 6.21. The van der Waals surface area contributed by atoms with Gasteiger partial charge in [0.25, 0.3) is 0 Å². The third-order valence-corrected chi connectivity index (χ3v) is 13.8. The second-order valence-electron chi connectivity index (χ2n) is 17.6. The lowest BCUT2D eigenvalue weighted by molar-refractivity contribution is 1.18. The van der Waals surface area contributed by atoms with E-state index in [-0.39, 0.29) is 0 Å².